The fraction of sp³-hybridized carbons (Fsp3) is 0.697. The first-order valence-corrected chi connectivity index (χ1v) is 14.7. The van der Waals surface area contributed by atoms with E-state index in [9.17, 15) is 0 Å². The standard InChI is InChI=1S/C31H49N.C2H6/c1-7-30(8-2,9-3)26-19-15-24(16-20-26)29(28-14-13-23-32-28)25-17-21-27(22-18-25)31(10-4,11-5)12-6;1-2/h15-21,27-29,32H,7-14,22-23H2,1-6H3;1-2H3/t27?,28?,29-;/m1./s1. The molecule has 1 nitrogen and oxygen atoms in total. The average Bonchev–Trinajstić information content (AvgIpc) is 3.44. The van der Waals surface area contributed by atoms with E-state index in [-0.39, 0.29) is 0 Å². The van der Waals surface area contributed by atoms with Crippen molar-refractivity contribution in [3.8, 4) is 0 Å². The molecule has 192 valence electrons. The Balaban J connectivity index is 0.00000199. The van der Waals surface area contributed by atoms with Crippen LogP contribution in [0, 0.1) is 11.3 Å². The fourth-order valence-corrected chi connectivity index (χ4v) is 6.92. The molecule has 3 atom stereocenters. The van der Waals surface area contributed by atoms with Crippen molar-refractivity contribution in [2.75, 3.05) is 6.54 Å². The van der Waals surface area contributed by atoms with Gasteiger partial charge in [0, 0.05) is 12.0 Å². The first-order chi connectivity index (χ1) is 16.5. The van der Waals surface area contributed by atoms with Gasteiger partial charge in [0.1, 0.15) is 0 Å². The maximum atomic E-state index is 3.83. The predicted octanol–water partition coefficient (Wildman–Crippen LogP) is 9.74. The van der Waals surface area contributed by atoms with E-state index in [4.69, 9.17) is 0 Å². The van der Waals surface area contributed by atoms with Gasteiger partial charge in [-0.3, -0.25) is 0 Å². The van der Waals surface area contributed by atoms with Gasteiger partial charge in [0.15, 0.2) is 0 Å². The molecule has 2 unspecified atom stereocenters. The van der Waals surface area contributed by atoms with Crippen LogP contribution in [0.4, 0.5) is 0 Å². The maximum Gasteiger partial charge on any atom is 0.0240 e. The first-order valence-electron chi connectivity index (χ1n) is 14.7. The summed E-state index contributed by atoms with van der Waals surface area (Å²) in [6.45, 7) is 19.4. The minimum Gasteiger partial charge on any atom is -0.313 e. The van der Waals surface area contributed by atoms with Crippen molar-refractivity contribution >= 4 is 0 Å². The third-order valence-electron chi connectivity index (χ3n) is 9.80. The molecule has 2 aliphatic rings. The molecule has 1 saturated heterocycles. The highest BCUT2D eigenvalue weighted by molar-refractivity contribution is 5.41. The molecule has 1 heterocycles. The van der Waals surface area contributed by atoms with Crippen LogP contribution < -0.4 is 5.32 Å². The predicted molar refractivity (Wildman–Crippen MR) is 153 cm³/mol. The lowest BCUT2D eigenvalue weighted by atomic mass is 9.66. The molecule has 1 heteroatoms. The van der Waals surface area contributed by atoms with Crippen molar-refractivity contribution in [3.05, 3.63) is 59.2 Å². The topological polar surface area (TPSA) is 12.0 Å². The summed E-state index contributed by atoms with van der Waals surface area (Å²) in [5.41, 5.74) is 5.36. The molecular weight excluding hydrogens is 410 g/mol. The number of hydrogen-bond donors (Lipinski definition) is 1. The van der Waals surface area contributed by atoms with Gasteiger partial charge in [0.25, 0.3) is 0 Å². The van der Waals surface area contributed by atoms with Gasteiger partial charge in [-0.05, 0) is 97.8 Å². The lowest BCUT2D eigenvalue weighted by Crippen LogP contribution is -2.32. The molecule has 1 aromatic carbocycles. The number of hydrogen-bond acceptors (Lipinski definition) is 1. The highest BCUT2D eigenvalue weighted by Gasteiger charge is 2.35. The Labute approximate surface area is 212 Å². The lowest BCUT2D eigenvalue weighted by molar-refractivity contribution is 0.170. The largest absolute Gasteiger partial charge is 0.313 e. The number of rotatable bonds is 11. The zero-order valence-electron chi connectivity index (χ0n) is 23.8. The van der Waals surface area contributed by atoms with E-state index in [1.807, 2.05) is 13.8 Å². The maximum absolute atomic E-state index is 3.83. The monoisotopic (exact) mass is 465 g/mol. The van der Waals surface area contributed by atoms with Crippen LogP contribution in [0.3, 0.4) is 0 Å². The summed E-state index contributed by atoms with van der Waals surface area (Å²) in [6.07, 6.45) is 18.9. The molecule has 1 aromatic rings. The molecule has 0 radical (unpaired) electrons. The zero-order chi connectivity index (χ0) is 25.2. The Morgan fingerprint density at radius 1 is 0.853 bits per heavy atom. The summed E-state index contributed by atoms with van der Waals surface area (Å²) in [7, 11) is 0. The van der Waals surface area contributed by atoms with Gasteiger partial charge in [-0.25, -0.2) is 0 Å². The zero-order valence-corrected chi connectivity index (χ0v) is 23.8. The smallest absolute Gasteiger partial charge is 0.0240 e. The van der Waals surface area contributed by atoms with Gasteiger partial charge in [-0.15, -0.1) is 0 Å². The van der Waals surface area contributed by atoms with E-state index >= 15 is 0 Å². The summed E-state index contributed by atoms with van der Waals surface area (Å²) < 4.78 is 0. The van der Waals surface area contributed by atoms with Gasteiger partial charge >= 0.3 is 0 Å². The van der Waals surface area contributed by atoms with Crippen LogP contribution >= 0.6 is 0 Å². The lowest BCUT2D eigenvalue weighted by Gasteiger charge is -2.39. The molecule has 0 amide bonds. The highest BCUT2D eigenvalue weighted by atomic mass is 14.9. The second-order valence-corrected chi connectivity index (χ2v) is 10.5. The number of allylic oxidation sites excluding steroid dienone is 3. The SMILES string of the molecule is CC.CCC(CC)(CC)c1ccc([C@H](C2=CCC(C(CC)(CC)CC)C=C2)C2CCCN2)cc1. The van der Waals surface area contributed by atoms with Crippen molar-refractivity contribution < 1.29 is 0 Å². The molecule has 0 bridgehead atoms. The number of benzene rings is 1. The highest BCUT2D eigenvalue weighted by Crippen LogP contribution is 2.45. The Morgan fingerprint density at radius 3 is 1.85 bits per heavy atom. The van der Waals surface area contributed by atoms with Crippen LogP contribution in [0.2, 0.25) is 0 Å². The van der Waals surface area contributed by atoms with Crippen molar-refractivity contribution in [3.63, 3.8) is 0 Å². The van der Waals surface area contributed by atoms with Crippen LogP contribution in [0.15, 0.2) is 48.1 Å². The van der Waals surface area contributed by atoms with Gasteiger partial charge in [0.05, 0.1) is 0 Å². The van der Waals surface area contributed by atoms with E-state index in [1.165, 1.54) is 68.9 Å². The van der Waals surface area contributed by atoms with Crippen molar-refractivity contribution in [2.45, 2.75) is 131 Å². The van der Waals surface area contributed by atoms with E-state index < -0.39 is 0 Å². The molecule has 3 rings (SSSR count). The minimum atomic E-state index is 0.334. The van der Waals surface area contributed by atoms with Gasteiger partial charge < -0.3 is 5.32 Å². The summed E-state index contributed by atoms with van der Waals surface area (Å²) in [6, 6.07) is 10.4. The minimum absolute atomic E-state index is 0.334. The van der Waals surface area contributed by atoms with Crippen molar-refractivity contribution in [1.29, 1.82) is 0 Å². The third kappa shape index (κ3) is 5.89. The van der Waals surface area contributed by atoms with Crippen LogP contribution in [0.5, 0.6) is 0 Å². The summed E-state index contributed by atoms with van der Waals surface area (Å²) >= 11 is 0. The Morgan fingerprint density at radius 2 is 1.44 bits per heavy atom. The molecule has 1 N–H and O–H groups in total. The van der Waals surface area contributed by atoms with Crippen LogP contribution in [0.1, 0.15) is 130 Å². The van der Waals surface area contributed by atoms with E-state index in [1.54, 1.807) is 5.57 Å². The van der Waals surface area contributed by atoms with E-state index in [0.29, 0.717) is 28.7 Å². The third-order valence-corrected chi connectivity index (χ3v) is 9.80. The molecule has 0 spiro atoms. The van der Waals surface area contributed by atoms with E-state index in [0.717, 1.165) is 6.54 Å². The normalized spacial score (nSPS) is 21.6. The summed E-state index contributed by atoms with van der Waals surface area (Å²) in [4.78, 5) is 0. The van der Waals surface area contributed by atoms with Crippen LogP contribution in [-0.4, -0.2) is 12.6 Å². The molecule has 0 aromatic heterocycles. The average molecular weight is 466 g/mol. The van der Waals surface area contributed by atoms with Crippen molar-refractivity contribution in [1.82, 2.24) is 5.32 Å². The first kappa shape index (κ1) is 28.9. The Kier molecular flexibility index (Phi) is 11.6. The van der Waals surface area contributed by atoms with Gasteiger partial charge in [-0.2, -0.15) is 0 Å². The second kappa shape index (κ2) is 13.7. The molecule has 1 aliphatic carbocycles. The van der Waals surface area contributed by atoms with E-state index in [2.05, 4.69) is 89.4 Å². The Bertz CT molecular complexity index is 738. The van der Waals surface area contributed by atoms with Gasteiger partial charge in [-0.1, -0.05) is 97.9 Å². The summed E-state index contributed by atoms with van der Waals surface area (Å²) in [5, 5.41) is 3.83. The van der Waals surface area contributed by atoms with Crippen LogP contribution in [0.25, 0.3) is 0 Å². The number of nitrogens with one attached hydrogen (secondary N) is 1. The van der Waals surface area contributed by atoms with Crippen molar-refractivity contribution in [2.24, 2.45) is 11.3 Å². The molecule has 1 aliphatic heterocycles. The van der Waals surface area contributed by atoms with Gasteiger partial charge in [0.2, 0.25) is 0 Å². The second-order valence-electron chi connectivity index (χ2n) is 10.5. The quantitative estimate of drug-likeness (QED) is 0.343. The molecule has 0 saturated carbocycles. The molecular formula is C33H55N. The summed E-state index contributed by atoms with van der Waals surface area (Å²) in [5.74, 6) is 1.16. The fourth-order valence-electron chi connectivity index (χ4n) is 6.92. The Hall–Kier alpha value is -1.34. The molecule has 34 heavy (non-hydrogen) atoms. The molecule has 1 fully saturated rings. The van der Waals surface area contributed by atoms with Crippen LogP contribution in [-0.2, 0) is 5.41 Å².